The fraction of sp³-hybridized carbons (Fsp3) is 0.583. The van der Waals surface area contributed by atoms with Gasteiger partial charge in [-0.05, 0) is 31.4 Å². The number of hydrogen-bond donors (Lipinski definition) is 2. The van der Waals surface area contributed by atoms with Gasteiger partial charge in [-0.1, -0.05) is 26.2 Å². The van der Waals surface area contributed by atoms with Crippen LogP contribution in [0.3, 0.4) is 0 Å². The molecule has 1 saturated carbocycles. The molecule has 2 aromatic rings. The quantitative estimate of drug-likeness (QED) is 0.627. The second kappa shape index (κ2) is 10.8. The number of hydrogen-bond acceptors (Lipinski definition) is 7. The molecule has 2 N–H and O–H groups in total. The van der Waals surface area contributed by atoms with Crippen LogP contribution in [0.15, 0.2) is 24.5 Å². The number of likely N-dealkylation sites (N-methyl/N-ethyl adjacent to an activating group) is 1. The van der Waals surface area contributed by atoms with Crippen LogP contribution >= 0.6 is 0 Å². The summed E-state index contributed by atoms with van der Waals surface area (Å²) < 4.78 is 13.7. The minimum absolute atomic E-state index is 0.111. The van der Waals surface area contributed by atoms with Crippen LogP contribution in [0.1, 0.15) is 45.4 Å². The molecule has 33 heavy (non-hydrogen) atoms. The molecule has 178 valence electrons. The molecule has 2 aromatic heterocycles. The highest BCUT2D eigenvalue weighted by atomic mass is 19.1. The highest BCUT2D eigenvalue weighted by Gasteiger charge is 2.22. The van der Waals surface area contributed by atoms with E-state index in [0.717, 1.165) is 42.1 Å². The van der Waals surface area contributed by atoms with E-state index in [4.69, 9.17) is 0 Å². The zero-order chi connectivity index (χ0) is 23.2. The van der Waals surface area contributed by atoms with E-state index in [1.165, 1.54) is 19.3 Å². The Balaban J connectivity index is 1.55. The van der Waals surface area contributed by atoms with Gasteiger partial charge in [-0.2, -0.15) is 4.98 Å². The summed E-state index contributed by atoms with van der Waals surface area (Å²) in [5.41, 5.74) is 2.51. The fourth-order valence-electron chi connectivity index (χ4n) is 4.26. The van der Waals surface area contributed by atoms with Gasteiger partial charge in [0.2, 0.25) is 11.9 Å². The first-order valence-electron chi connectivity index (χ1n) is 12.0. The molecule has 0 spiro atoms. The molecular formula is C24H34FN7O. The monoisotopic (exact) mass is 455 g/mol. The van der Waals surface area contributed by atoms with Crippen LogP contribution in [0, 0.1) is 0 Å². The number of carbonyl (C=O) groups excluding carboxylic acids is 1. The molecule has 8 nitrogen and oxygen atoms in total. The zero-order valence-corrected chi connectivity index (χ0v) is 19.6. The van der Waals surface area contributed by atoms with Crippen molar-refractivity contribution in [2.75, 3.05) is 48.8 Å². The summed E-state index contributed by atoms with van der Waals surface area (Å²) in [4.78, 5) is 29.6. The van der Waals surface area contributed by atoms with Crippen molar-refractivity contribution in [2.24, 2.45) is 0 Å². The number of aromatic nitrogens is 3. The lowest BCUT2D eigenvalue weighted by Gasteiger charge is -2.33. The summed E-state index contributed by atoms with van der Waals surface area (Å²) in [5.74, 6) is 1.25. The van der Waals surface area contributed by atoms with Gasteiger partial charge < -0.3 is 20.4 Å². The maximum absolute atomic E-state index is 13.7. The number of amides is 1. The van der Waals surface area contributed by atoms with Crippen LogP contribution in [-0.4, -0.2) is 71.2 Å². The average molecular weight is 456 g/mol. The molecule has 1 unspecified atom stereocenters. The molecule has 3 heterocycles. The lowest BCUT2D eigenvalue weighted by atomic mass is 9.95. The Hall–Kier alpha value is -2.97. The number of piperazine rings is 1. The van der Waals surface area contributed by atoms with Crippen molar-refractivity contribution in [1.29, 1.82) is 0 Å². The number of nitrogens with one attached hydrogen (secondary N) is 2. The van der Waals surface area contributed by atoms with Crippen molar-refractivity contribution in [3.8, 4) is 11.3 Å². The Morgan fingerprint density at radius 3 is 2.67 bits per heavy atom. The largest absolute Gasteiger partial charge is 0.367 e. The van der Waals surface area contributed by atoms with Gasteiger partial charge in [-0.3, -0.25) is 9.78 Å². The first-order valence-corrected chi connectivity index (χ1v) is 12.0. The van der Waals surface area contributed by atoms with Crippen LogP contribution in [0.2, 0.25) is 0 Å². The Morgan fingerprint density at radius 2 is 1.97 bits per heavy atom. The minimum atomic E-state index is -0.932. The SMILES string of the molecule is CCC(F)CNc1ncc(-c2ccc(N3CCN(C)C(=O)C3)cn2)c(NC2CCCCC2)n1. The normalized spacial score (nSPS) is 18.3. The van der Waals surface area contributed by atoms with E-state index in [1.807, 2.05) is 31.0 Å². The number of alkyl halides is 1. The third-order valence-electron chi connectivity index (χ3n) is 6.51. The van der Waals surface area contributed by atoms with E-state index < -0.39 is 6.17 Å². The zero-order valence-electron chi connectivity index (χ0n) is 19.6. The number of anilines is 3. The summed E-state index contributed by atoms with van der Waals surface area (Å²) in [7, 11) is 1.83. The molecule has 1 aliphatic heterocycles. The highest BCUT2D eigenvalue weighted by molar-refractivity contribution is 5.82. The van der Waals surface area contributed by atoms with Crippen LogP contribution < -0.4 is 15.5 Å². The first-order chi connectivity index (χ1) is 16.0. The third kappa shape index (κ3) is 5.89. The van der Waals surface area contributed by atoms with Crippen molar-refractivity contribution in [1.82, 2.24) is 19.9 Å². The summed E-state index contributed by atoms with van der Waals surface area (Å²) in [6, 6.07) is 4.30. The molecule has 2 aliphatic rings. The van der Waals surface area contributed by atoms with Crippen LogP contribution in [0.25, 0.3) is 11.3 Å². The van der Waals surface area contributed by atoms with Crippen molar-refractivity contribution < 1.29 is 9.18 Å². The molecule has 1 amide bonds. The molecule has 9 heteroatoms. The lowest BCUT2D eigenvalue weighted by molar-refractivity contribution is -0.129. The van der Waals surface area contributed by atoms with E-state index in [0.29, 0.717) is 31.5 Å². The van der Waals surface area contributed by atoms with Crippen molar-refractivity contribution in [3.05, 3.63) is 24.5 Å². The summed E-state index contributed by atoms with van der Waals surface area (Å²) >= 11 is 0. The number of halogens is 1. The molecule has 0 bridgehead atoms. The van der Waals surface area contributed by atoms with Gasteiger partial charge >= 0.3 is 0 Å². The molecule has 1 atom stereocenters. The van der Waals surface area contributed by atoms with Gasteiger partial charge in [0.1, 0.15) is 12.0 Å². The van der Waals surface area contributed by atoms with Gasteiger partial charge in [0.25, 0.3) is 0 Å². The van der Waals surface area contributed by atoms with Crippen molar-refractivity contribution in [3.63, 3.8) is 0 Å². The molecule has 4 rings (SSSR count). The van der Waals surface area contributed by atoms with E-state index >= 15 is 0 Å². The van der Waals surface area contributed by atoms with Crippen LogP contribution in [-0.2, 0) is 4.79 Å². The number of carbonyl (C=O) groups is 1. The molecule has 0 radical (unpaired) electrons. The Morgan fingerprint density at radius 1 is 1.15 bits per heavy atom. The Bertz CT molecular complexity index is 933. The van der Waals surface area contributed by atoms with Crippen molar-refractivity contribution >= 4 is 23.4 Å². The van der Waals surface area contributed by atoms with Gasteiger partial charge in [0, 0.05) is 38.9 Å². The van der Waals surface area contributed by atoms with Crippen LogP contribution in [0.4, 0.5) is 21.8 Å². The number of nitrogens with zero attached hydrogens (tertiary/aromatic N) is 5. The first kappa shape index (κ1) is 23.2. The van der Waals surface area contributed by atoms with Gasteiger partial charge in [-0.15, -0.1) is 0 Å². The van der Waals surface area contributed by atoms with E-state index in [1.54, 1.807) is 17.3 Å². The van der Waals surface area contributed by atoms with Gasteiger partial charge in [-0.25, -0.2) is 9.37 Å². The maximum Gasteiger partial charge on any atom is 0.241 e. The van der Waals surface area contributed by atoms with E-state index in [-0.39, 0.29) is 12.5 Å². The predicted octanol–water partition coefficient (Wildman–Crippen LogP) is 3.72. The van der Waals surface area contributed by atoms with Gasteiger partial charge in [0.15, 0.2) is 0 Å². The van der Waals surface area contributed by atoms with E-state index in [9.17, 15) is 9.18 Å². The maximum atomic E-state index is 13.7. The third-order valence-corrected chi connectivity index (χ3v) is 6.51. The minimum Gasteiger partial charge on any atom is -0.367 e. The summed E-state index contributed by atoms with van der Waals surface area (Å²) in [5, 5.41) is 6.60. The Kier molecular flexibility index (Phi) is 7.57. The fourth-order valence-corrected chi connectivity index (χ4v) is 4.26. The second-order valence-electron chi connectivity index (χ2n) is 8.96. The highest BCUT2D eigenvalue weighted by Crippen LogP contribution is 2.30. The molecular weight excluding hydrogens is 421 g/mol. The predicted molar refractivity (Wildman–Crippen MR) is 129 cm³/mol. The summed E-state index contributed by atoms with van der Waals surface area (Å²) in [6.45, 7) is 3.86. The van der Waals surface area contributed by atoms with Crippen molar-refractivity contribution in [2.45, 2.75) is 57.7 Å². The van der Waals surface area contributed by atoms with Gasteiger partial charge in [0.05, 0.1) is 29.7 Å². The standard InChI is InChI=1S/C24H34FN7O/c1-3-17(25)13-27-24-28-15-20(23(30-24)29-18-7-5-4-6-8-18)21-10-9-19(14-26-21)32-12-11-31(2)22(33)16-32/h9-10,14-15,17-18H,3-8,11-13,16H2,1-2H3,(H2,27,28,29,30). The number of rotatable bonds is 8. The summed E-state index contributed by atoms with van der Waals surface area (Å²) in [6.07, 6.45) is 8.98. The lowest BCUT2D eigenvalue weighted by Crippen LogP contribution is -2.48. The number of pyridine rings is 1. The second-order valence-corrected chi connectivity index (χ2v) is 8.96. The van der Waals surface area contributed by atoms with Crippen LogP contribution in [0.5, 0.6) is 0 Å². The molecule has 1 saturated heterocycles. The topological polar surface area (TPSA) is 86.3 Å². The van der Waals surface area contributed by atoms with E-state index in [2.05, 4.69) is 25.6 Å². The molecule has 0 aromatic carbocycles. The Labute approximate surface area is 195 Å². The smallest absolute Gasteiger partial charge is 0.241 e. The molecule has 1 aliphatic carbocycles. The average Bonchev–Trinajstić information content (AvgIpc) is 2.85. The molecule has 2 fully saturated rings.